The second-order valence-corrected chi connectivity index (χ2v) is 15.0. The summed E-state index contributed by atoms with van der Waals surface area (Å²) in [5, 5.41) is 22.7. The van der Waals surface area contributed by atoms with Crippen LogP contribution in [-0.2, 0) is 20.8 Å². The minimum Gasteiger partial charge on any atom is -0.391 e. The maximum absolute atomic E-state index is 14.7. The van der Waals surface area contributed by atoms with Crippen molar-refractivity contribution in [2.45, 2.75) is 87.9 Å². The number of carbonyl (C=O) groups is 3. The normalized spacial score (nSPS) is 30.7. The molecule has 1 aromatic heterocycles. The number of nitrogens with zero attached hydrogens (tertiary/aromatic N) is 4. The Morgan fingerprint density at radius 2 is 1.55 bits per heavy atom. The fourth-order valence-electron chi connectivity index (χ4n) is 9.60. The van der Waals surface area contributed by atoms with E-state index in [9.17, 15) is 19.5 Å². The third-order valence-corrected chi connectivity index (χ3v) is 11.8. The number of likely N-dealkylation sites (tertiary alicyclic amines) is 1. The van der Waals surface area contributed by atoms with Crippen LogP contribution >= 0.6 is 0 Å². The van der Waals surface area contributed by atoms with E-state index in [0.29, 0.717) is 17.8 Å². The van der Waals surface area contributed by atoms with Gasteiger partial charge in [0.05, 0.1) is 11.8 Å². The Labute approximate surface area is 275 Å². The van der Waals surface area contributed by atoms with Gasteiger partial charge in [0.2, 0.25) is 17.7 Å². The van der Waals surface area contributed by atoms with Gasteiger partial charge in [0.15, 0.2) is 0 Å². The first-order chi connectivity index (χ1) is 22.8. The fourth-order valence-corrected chi connectivity index (χ4v) is 9.60. The maximum atomic E-state index is 14.7. The number of primary amides is 1. The molecule has 0 radical (unpaired) electrons. The number of rotatable bonds is 10. The van der Waals surface area contributed by atoms with Gasteiger partial charge in [0, 0.05) is 31.5 Å². The SMILES string of the molecule is NC(=O)[C@@H](Cc1ccc(-c2ccccc2)cc1)NC(=O)C1C[C@@H](O)CN1C(=O)[C@H](C1C2CC3CC(C2)CC1C3)n1cc(C2CC2)nn1. The van der Waals surface area contributed by atoms with E-state index >= 15 is 0 Å². The Balaban J connectivity index is 1.02. The second kappa shape index (κ2) is 12.2. The lowest BCUT2D eigenvalue weighted by atomic mass is 9.50. The van der Waals surface area contributed by atoms with Gasteiger partial charge in [-0.2, -0.15) is 0 Å². The van der Waals surface area contributed by atoms with Crippen molar-refractivity contribution >= 4 is 17.7 Å². The first kappa shape index (κ1) is 30.3. The molecule has 10 nitrogen and oxygen atoms in total. The molecule has 47 heavy (non-hydrogen) atoms. The van der Waals surface area contributed by atoms with Crippen molar-refractivity contribution in [2.75, 3.05) is 6.54 Å². The summed E-state index contributed by atoms with van der Waals surface area (Å²) in [6, 6.07) is 15.4. The molecule has 1 aliphatic heterocycles. The van der Waals surface area contributed by atoms with Crippen LogP contribution in [0.25, 0.3) is 11.1 Å². The van der Waals surface area contributed by atoms with Crippen LogP contribution in [0.2, 0.25) is 0 Å². The summed E-state index contributed by atoms with van der Waals surface area (Å²) in [7, 11) is 0. The Bertz CT molecular complexity index is 1610. The van der Waals surface area contributed by atoms with E-state index in [0.717, 1.165) is 72.7 Å². The molecule has 246 valence electrons. The molecule has 4 N–H and O–H groups in total. The highest BCUT2D eigenvalue weighted by atomic mass is 16.3. The number of nitrogens with one attached hydrogen (secondary N) is 1. The zero-order valence-corrected chi connectivity index (χ0v) is 26.7. The molecule has 4 bridgehead atoms. The van der Waals surface area contributed by atoms with E-state index in [1.807, 2.05) is 60.8 Å². The Morgan fingerprint density at radius 3 is 2.19 bits per heavy atom. The predicted molar refractivity (Wildman–Crippen MR) is 174 cm³/mol. The summed E-state index contributed by atoms with van der Waals surface area (Å²) in [6.07, 6.45) is 9.51. The van der Waals surface area contributed by atoms with Crippen LogP contribution in [0.15, 0.2) is 60.8 Å². The van der Waals surface area contributed by atoms with E-state index < -0.39 is 36.0 Å². The van der Waals surface area contributed by atoms with Crippen LogP contribution in [0, 0.1) is 29.6 Å². The highest BCUT2D eigenvalue weighted by Crippen LogP contribution is 2.59. The highest BCUT2D eigenvalue weighted by molar-refractivity contribution is 5.93. The molecule has 2 aromatic carbocycles. The largest absolute Gasteiger partial charge is 0.391 e. The number of hydrogen-bond acceptors (Lipinski definition) is 6. The Morgan fingerprint density at radius 1 is 0.894 bits per heavy atom. The van der Waals surface area contributed by atoms with Crippen molar-refractivity contribution in [1.82, 2.24) is 25.2 Å². The van der Waals surface area contributed by atoms with Gasteiger partial charge in [-0.15, -0.1) is 5.10 Å². The first-order valence-corrected chi connectivity index (χ1v) is 17.4. The minimum atomic E-state index is -0.962. The molecular weight excluding hydrogens is 592 g/mol. The Hall–Kier alpha value is -4.05. The van der Waals surface area contributed by atoms with Gasteiger partial charge < -0.3 is 21.1 Å². The van der Waals surface area contributed by atoms with E-state index in [2.05, 4.69) is 15.6 Å². The third-order valence-electron chi connectivity index (χ3n) is 11.8. The molecule has 3 amide bonds. The lowest BCUT2D eigenvalue weighted by molar-refractivity contribution is -0.148. The van der Waals surface area contributed by atoms with Gasteiger partial charge >= 0.3 is 0 Å². The molecule has 6 aliphatic rings. The Kier molecular flexibility index (Phi) is 7.86. The van der Waals surface area contributed by atoms with Crippen molar-refractivity contribution in [3.63, 3.8) is 0 Å². The van der Waals surface area contributed by atoms with Crippen LogP contribution < -0.4 is 11.1 Å². The topological polar surface area (TPSA) is 143 Å². The van der Waals surface area contributed by atoms with Gasteiger partial charge in [-0.05, 0) is 91.2 Å². The van der Waals surface area contributed by atoms with Crippen molar-refractivity contribution in [1.29, 1.82) is 0 Å². The molecule has 1 saturated heterocycles. The van der Waals surface area contributed by atoms with Gasteiger partial charge in [0.1, 0.15) is 18.1 Å². The highest BCUT2D eigenvalue weighted by Gasteiger charge is 2.55. The van der Waals surface area contributed by atoms with Crippen LogP contribution in [0.1, 0.15) is 74.6 Å². The molecule has 2 heterocycles. The van der Waals surface area contributed by atoms with Crippen molar-refractivity contribution in [3.8, 4) is 11.1 Å². The summed E-state index contributed by atoms with van der Waals surface area (Å²) in [6.45, 7) is 0.0626. The van der Waals surface area contributed by atoms with Gasteiger partial charge in [-0.1, -0.05) is 59.8 Å². The van der Waals surface area contributed by atoms with Crippen LogP contribution in [0.4, 0.5) is 0 Å². The van der Waals surface area contributed by atoms with E-state index in [4.69, 9.17) is 5.73 Å². The van der Waals surface area contributed by atoms with Gasteiger partial charge in [-0.3, -0.25) is 14.4 Å². The minimum absolute atomic E-state index is 0.0626. The smallest absolute Gasteiger partial charge is 0.248 e. The zero-order valence-electron chi connectivity index (χ0n) is 26.7. The number of amides is 3. The van der Waals surface area contributed by atoms with Crippen molar-refractivity contribution in [3.05, 3.63) is 72.1 Å². The molecular formula is C37H44N6O4. The molecule has 10 heteroatoms. The summed E-state index contributed by atoms with van der Waals surface area (Å²) >= 11 is 0. The average Bonchev–Trinajstić information content (AvgIpc) is 3.67. The molecule has 1 unspecified atom stereocenters. The van der Waals surface area contributed by atoms with Gasteiger partial charge in [-0.25, -0.2) is 4.68 Å². The summed E-state index contributed by atoms with van der Waals surface area (Å²) < 4.78 is 1.79. The number of hydrogen-bond donors (Lipinski definition) is 3. The zero-order chi connectivity index (χ0) is 32.2. The molecule has 4 atom stereocenters. The summed E-state index contributed by atoms with van der Waals surface area (Å²) in [5.41, 5.74) is 9.72. The monoisotopic (exact) mass is 636 g/mol. The van der Waals surface area contributed by atoms with Crippen molar-refractivity contribution < 1.29 is 19.5 Å². The van der Waals surface area contributed by atoms with Crippen molar-refractivity contribution in [2.24, 2.45) is 35.3 Å². The number of carbonyl (C=O) groups excluding carboxylic acids is 3. The molecule has 9 rings (SSSR count). The maximum Gasteiger partial charge on any atom is 0.248 e. The standard InChI is InChI=1S/C37H44N6O4/c38-35(45)30(17-21-6-8-25(9-7-21)24-4-2-1-3-5-24)39-36(46)32-18-29(44)19-42(32)37(47)34(43-20-31(40-41-43)26-10-11-26)33-27-13-22-12-23(15-27)16-28(33)14-22/h1-9,20,22-23,26-30,32-34,44H,10-19H2,(H2,38,45)(H,39,46)/t22?,23?,27?,28?,29-,30-,32?,33?,34+/m1/s1. The summed E-state index contributed by atoms with van der Waals surface area (Å²) in [4.78, 5) is 42.7. The molecule has 6 fully saturated rings. The molecule has 5 saturated carbocycles. The summed E-state index contributed by atoms with van der Waals surface area (Å²) in [5.74, 6) is 1.61. The van der Waals surface area contributed by atoms with Gasteiger partial charge in [0.25, 0.3) is 0 Å². The molecule has 3 aromatic rings. The average molecular weight is 637 g/mol. The number of nitrogens with two attached hydrogens (primary N) is 1. The number of aliphatic hydroxyl groups excluding tert-OH is 1. The van der Waals surface area contributed by atoms with Crippen LogP contribution in [-0.4, -0.2) is 67.5 Å². The molecule has 5 aliphatic carbocycles. The number of aromatic nitrogens is 3. The van der Waals surface area contributed by atoms with E-state index in [1.54, 1.807) is 9.58 Å². The second-order valence-electron chi connectivity index (χ2n) is 15.0. The lowest BCUT2D eigenvalue weighted by Crippen LogP contribution is -2.56. The van der Waals surface area contributed by atoms with E-state index in [-0.39, 0.29) is 31.2 Å². The van der Waals surface area contributed by atoms with Crippen LogP contribution in [0.3, 0.4) is 0 Å². The predicted octanol–water partition coefficient (Wildman–Crippen LogP) is 3.61. The fraction of sp³-hybridized carbons (Fsp3) is 0.541. The van der Waals surface area contributed by atoms with Crippen LogP contribution in [0.5, 0.6) is 0 Å². The number of benzene rings is 2. The van der Waals surface area contributed by atoms with E-state index in [1.165, 1.54) is 6.42 Å². The first-order valence-electron chi connectivity index (χ1n) is 17.4. The third kappa shape index (κ3) is 5.96. The number of β-amino-alcohol motifs (C(OH)–C–C–N with tert-alkyl or cyclic N) is 1. The molecule has 0 spiro atoms. The lowest BCUT2D eigenvalue weighted by Gasteiger charge is -2.56. The number of aliphatic hydroxyl groups is 1. The quantitative estimate of drug-likeness (QED) is 0.310.